The molecule has 3 rings (SSSR count). The van der Waals surface area contributed by atoms with Crippen LogP contribution >= 0.6 is 0 Å². The number of aliphatic imine (C=N–C) groups is 2. The van der Waals surface area contributed by atoms with Gasteiger partial charge < -0.3 is 15.4 Å². The summed E-state index contributed by atoms with van der Waals surface area (Å²) in [6.07, 6.45) is 24.1. The Kier molecular flexibility index (Phi) is 11.5. The van der Waals surface area contributed by atoms with Crippen molar-refractivity contribution in [2.45, 2.75) is 64.4 Å². The lowest BCUT2D eigenvalue weighted by molar-refractivity contribution is 0.110. The Morgan fingerprint density at radius 1 is 1.28 bits per heavy atom. The zero-order chi connectivity index (χ0) is 28.2. The van der Waals surface area contributed by atoms with E-state index in [9.17, 15) is 10.5 Å². The van der Waals surface area contributed by atoms with Crippen LogP contribution in [0.25, 0.3) is 5.57 Å². The largest absolute Gasteiger partial charge is 0.393 e. The molecule has 0 radical (unpaired) electrons. The summed E-state index contributed by atoms with van der Waals surface area (Å²) in [6.45, 7) is 6.13. The Morgan fingerprint density at radius 3 is 2.72 bits per heavy atom. The first-order chi connectivity index (χ1) is 18.9. The molecule has 0 saturated heterocycles. The highest BCUT2D eigenvalue weighted by molar-refractivity contribution is 6.09. The van der Waals surface area contributed by atoms with Crippen LogP contribution in [-0.4, -0.2) is 47.8 Å². The summed E-state index contributed by atoms with van der Waals surface area (Å²) in [7, 11) is 3.61. The molecule has 1 aromatic carbocycles. The Bertz CT molecular complexity index is 1260. The third-order valence-corrected chi connectivity index (χ3v) is 7.21. The Morgan fingerprint density at radius 2 is 2.05 bits per heavy atom. The second-order valence-electron chi connectivity index (χ2n) is 10.2. The maximum absolute atomic E-state index is 9.97. The molecular formula is C34H42N4O. The number of terminal acetylenes is 1. The fourth-order valence-corrected chi connectivity index (χ4v) is 5.03. The van der Waals surface area contributed by atoms with Gasteiger partial charge in [-0.1, -0.05) is 68.9 Å². The van der Waals surface area contributed by atoms with E-state index < -0.39 is 0 Å². The predicted octanol–water partition coefficient (Wildman–Crippen LogP) is 7.13. The molecule has 0 unspecified atom stereocenters. The number of benzene rings is 1. The SMILES string of the molecule is C#CN(C)/C=C(\C=C)c1cccc(C2=NC(C(=N)CC3CCC(O)CC3)=C(/C(C=NC)=C/CCC)C=CC2)c1. The first-order valence-electron chi connectivity index (χ1n) is 13.9. The lowest BCUT2D eigenvalue weighted by Gasteiger charge is -2.26. The van der Waals surface area contributed by atoms with Gasteiger partial charge in [-0.25, -0.2) is 4.99 Å². The molecule has 204 valence electrons. The minimum Gasteiger partial charge on any atom is -0.393 e. The Balaban J connectivity index is 2.09. The lowest BCUT2D eigenvalue weighted by atomic mass is 9.83. The average Bonchev–Trinajstić information content (AvgIpc) is 3.18. The van der Waals surface area contributed by atoms with Crippen molar-refractivity contribution in [3.05, 3.63) is 89.3 Å². The molecule has 1 saturated carbocycles. The van der Waals surface area contributed by atoms with E-state index in [0.717, 1.165) is 72.1 Å². The van der Waals surface area contributed by atoms with Crippen LogP contribution < -0.4 is 0 Å². The van der Waals surface area contributed by atoms with Crippen molar-refractivity contribution in [1.29, 1.82) is 5.41 Å². The highest BCUT2D eigenvalue weighted by Crippen LogP contribution is 2.31. The summed E-state index contributed by atoms with van der Waals surface area (Å²) in [6, 6.07) is 10.8. The Labute approximate surface area is 234 Å². The third kappa shape index (κ3) is 8.37. The summed E-state index contributed by atoms with van der Waals surface area (Å²) in [5, 5.41) is 19.2. The first kappa shape index (κ1) is 29.8. The standard InChI is InChI=1S/C34H42N4O/c1-6-9-12-29(23-36-4)31-15-11-16-33(37-34(31)32(35)21-25-17-19-30(39)20-18-25)28-14-10-13-27(22-28)26(7-2)24-38(5)8-3/h3,7,10-15,22-25,30,35,39H,2,6,9,16-21H2,1,4-5H3/b26-24+,29-12+,35-32?,36-23?. The van der Waals surface area contributed by atoms with Gasteiger partial charge in [0, 0.05) is 44.5 Å². The van der Waals surface area contributed by atoms with Crippen LogP contribution in [0.1, 0.15) is 69.4 Å². The lowest BCUT2D eigenvalue weighted by Crippen LogP contribution is -2.21. The van der Waals surface area contributed by atoms with E-state index in [1.54, 1.807) is 18.0 Å². The van der Waals surface area contributed by atoms with E-state index in [0.29, 0.717) is 30.2 Å². The van der Waals surface area contributed by atoms with Gasteiger partial charge in [0.05, 0.1) is 23.2 Å². The second kappa shape index (κ2) is 15.0. The van der Waals surface area contributed by atoms with E-state index in [4.69, 9.17) is 11.4 Å². The summed E-state index contributed by atoms with van der Waals surface area (Å²) in [5.74, 6) is 0.389. The topological polar surface area (TPSA) is 72.0 Å². The molecule has 1 aliphatic heterocycles. The van der Waals surface area contributed by atoms with Crippen LogP contribution in [0.4, 0.5) is 0 Å². The summed E-state index contributed by atoms with van der Waals surface area (Å²) < 4.78 is 0. The molecular weight excluding hydrogens is 480 g/mol. The predicted molar refractivity (Wildman–Crippen MR) is 166 cm³/mol. The normalized spacial score (nSPS) is 20.4. The van der Waals surface area contributed by atoms with Crippen LogP contribution in [0.15, 0.2) is 88.2 Å². The molecule has 0 aromatic heterocycles. The molecule has 5 heteroatoms. The van der Waals surface area contributed by atoms with Crippen molar-refractivity contribution < 1.29 is 5.11 Å². The van der Waals surface area contributed by atoms with Gasteiger partial charge in [0.15, 0.2) is 0 Å². The number of allylic oxidation sites excluding steroid dienone is 8. The zero-order valence-electron chi connectivity index (χ0n) is 23.7. The fourth-order valence-electron chi connectivity index (χ4n) is 5.03. The van der Waals surface area contributed by atoms with Gasteiger partial charge in [-0.05, 0) is 72.8 Å². The number of aliphatic hydroxyl groups is 1. The zero-order valence-corrected chi connectivity index (χ0v) is 23.7. The molecule has 39 heavy (non-hydrogen) atoms. The molecule has 1 fully saturated rings. The molecule has 0 amide bonds. The minimum absolute atomic E-state index is 0.206. The van der Waals surface area contributed by atoms with Crippen molar-refractivity contribution >= 4 is 23.2 Å². The molecule has 2 N–H and O–H groups in total. The average molecular weight is 523 g/mol. The van der Waals surface area contributed by atoms with Crippen molar-refractivity contribution in [3.63, 3.8) is 0 Å². The fraction of sp³-hybridized carbons (Fsp3) is 0.382. The van der Waals surface area contributed by atoms with Crippen molar-refractivity contribution in [2.24, 2.45) is 15.9 Å². The number of rotatable bonds is 11. The van der Waals surface area contributed by atoms with Crippen LogP contribution in [0.3, 0.4) is 0 Å². The molecule has 0 bridgehead atoms. The first-order valence-corrected chi connectivity index (χ1v) is 13.9. The van der Waals surface area contributed by atoms with Crippen LogP contribution in [-0.2, 0) is 0 Å². The smallest absolute Gasteiger partial charge is 0.0919 e. The van der Waals surface area contributed by atoms with E-state index in [1.807, 2.05) is 31.6 Å². The molecule has 1 aliphatic carbocycles. The monoisotopic (exact) mass is 522 g/mol. The minimum atomic E-state index is -0.206. The molecule has 0 spiro atoms. The molecule has 2 aliphatic rings. The highest BCUT2D eigenvalue weighted by atomic mass is 16.3. The maximum Gasteiger partial charge on any atom is 0.0919 e. The van der Waals surface area contributed by atoms with Gasteiger partial charge in [-0.15, -0.1) is 0 Å². The number of unbranched alkanes of at least 4 members (excludes halogenated alkanes) is 1. The van der Waals surface area contributed by atoms with E-state index in [1.165, 1.54) is 0 Å². The van der Waals surface area contributed by atoms with Crippen LogP contribution in [0.5, 0.6) is 0 Å². The molecule has 1 heterocycles. The highest BCUT2D eigenvalue weighted by Gasteiger charge is 2.24. The number of aliphatic hydroxyl groups excluding tert-OH is 1. The van der Waals surface area contributed by atoms with Gasteiger partial charge in [-0.2, -0.15) is 0 Å². The number of hydrogen-bond acceptors (Lipinski definition) is 5. The van der Waals surface area contributed by atoms with Crippen molar-refractivity contribution in [2.75, 3.05) is 14.1 Å². The number of nitrogens with one attached hydrogen (secondary N) is 1. The second-order valence-corrected chi connectivity index (χ2v) is 10.2. The van der Waals surface area contributed by atoms with Crippen LogP contribution in [0, 0.1) is 23.8 Å². The van der Waals surface area contributed by atoms with Gasteiger partial charge in [0.1, 0.15) is 0 Å². The molecule has 5 nitrogen and oxygen atoms in total. The molecule has 0 atom stereocenters. The van der Waals surface area contributed by atoms with Gasteiger partial charge in [0.25, 0.3) is 0 Å². The quantitative estimate of drug-likeness (QED) is 0.140. The number of nitrogens with zero attached hydrogens (tertiary/aromatic N) is 3. The summed E-state index contributed by atoms with van der Waals surface area (Å²) >= 11 is 0. The maximum atomic E-state index is 9.97. The van der Waals surface area contributed by atoms with E-state index in [2.05, 4.69) is 54.9 Å². The third-order valence-electron chi connectivity index (χ3n) is 7.21. The van der Waals surface area contributed by atoms with Crippen LogP contribution in [0.2, 0.25) is 0 Å². The summed E-state index contributed by atoms with van der Waals surface area (Å²) in [5.41, 5.74) is 7.05. The summed E-state index contributed by atoms with van der Waals surface area (Å²) in [4.78, 5) is 11.2. The Hall–Kier alpha value is -3.75. The number of hydrogen-bond donors (Lipinski definition) is 2. The van der Waals surface area contributed by atoms with Gasteiger partial charge in [0.2, 0.25) is 0 Å². The van der Waals surface area contributed by atoms with Gasteiger partial charge >= 0.3 is 0 Å². The van der Waals surface area contributed by atoms with Gasteiger partial charge in [-0.3, -0.25) is 4.99 Å². The van der Waals surface area contributed by atoms with E-state index in [-0.39, 0.29) is 6.10 Å². The van der Waals surface area contributed by atoms with Crippen molar-refractivity contribution in [1.82, 2.24) is 4.90 Å². The molecule has 1 aromatic rings. The van der Waals surface area contributed by atoms with Crippen molar-refractivity contribution in [3.8, 4) is 12.5 Å². The van der Waals surface area contributed by atoms with E-state index >= 15 is 0 Å².